The Bertz CT molecular complexity index is 1030. The molecule has 1 aliphatic rings. The Morgan fingerprint density at radius 1 is 1.13 bits per heavy atom. The van der Waals surface area contributed by atoms with Crippen molar-refractivity contribution in [3.63, 3.8) is 0 Å². The lowest BCUT2D eigenvalue weighted by molar-refractivity contribution is 0.0139. The number of aromatic amines is 1. The van der Waals surface area contributed by atoms with E-state index in [1.54, 1.807) is 11.1 Å². The molecule has 1 N–H and O–H groups in total. The maximum atomic E-state index is 14.5. The Morgan fingerprint density at radius 2 is 1.83 bits per heavy atom. The lowest BCUT2D eigenvalue weighted by Crippen LogP contribution is -2.49. The molecule has 0 radical (unpaired) electrons. The molecule has 0 spiro atoms. The van der Waals surface area contributed by atoms with Crippen molar-refractivity contribution in [1.29, 1.82) is 0 Å². The zero-order valence-corrected chi connectivity index (χ0v) is 17.6. The fourth-order valence-electron chi connectivity index (χ4n) is 3.65. The first kappa shape index (κ1) is 20.3. The monoisotopic (exact) mass is 410 g/mol. The zero-order chi connectivity index (χ0) is 21.3. The molecule has 0 aliphatic carbocycles. The van der Waals surface area contributed by atoms with E-state index >= 15 is 0 Å². The molecule has 6 nitrogen and oxygen atoms in total. The van der Waals surface area contributed by atoms with E-state index < -0.39 is 5.60 Å². The lowest BCUT2D eigenvalue weighted by atomic mass is 10.0. The number of aromatic nitrogens is 2. The number of H-pyrrole nitrogens is 1. The van der Waals surface area contributed by atoms with E-state index in [4.69, 9.17) is 4.74 Å². The number of hydrogen-bond donors (Lipinski definition) is 1. The molecule has 158 valence electrons. The van der Waals surface area contributed by atoms with Crippen molar-refractivity contribution in [2.24, 2.45) is 0 Å². The number of amides is 1. The van der Waals surface area contributed by atoms with Gasteiger partial charge in [-0.25, -0.2) is 9.18 Å². The first-order chi connectivity index (χ1) is 14.3. The smallest absolute Gasteiger partial charge is 0.410 e. The molecule has 0 saturated carbocycles. The minimum absolute atomic E-state index is 0.247. The fourth-order valence-corrected chi connectivity index (χ4v) is 3.65. The van der Waals surface area contributed by atoms with Gasteiger partial charge in [-0.1, -0.05) is 24.3 Å². The number of halogens is 1. The van der Waals surface area contributed by atoms with Crippen LogP contribution in [-0.4, -0.2) is 57.9 Å². The number of hydrogen-bond acceptors (Lipinski definition) is 4. The van der Waals surface area contributed by atoms with E-state index in [-0.39, 0.29) is 11.9 Å². The van der Waals surface area contributed by atoms with Gasteiger partial charge in [0.1, 0.15) is 11.4 Å². The van der Waals surface area contributed by atoms with Crippen LogP contribution in [0.3, 0.4) is 0 Å². The third kappa shape index (κ3) is 4.62. The average molecular weight is 410 g/mol. The van der Waals surface area contributed by atoms with Gasteiger partial charge in [0, 0.05) is 49.7 Å². The number of benzene rings is 2. The van der Waals surface area contributed by atoms with Crippen LogP contribution in [0.5, 0.6) is 0 Å². The van der Waals surface area contributed by atoms with Gasteiger partial charge < -0.3 is 9.64 Å². The van der Waals surface area contributed by atoms with Crippen molar-refractivity contribution in [3.8, 4) is 11.1 Å². The Morgan fingerprint density at radius 3 is 2.50 bits per heavy atom. The van der Waals surface area contributed by atoms with Gasteiger partial charge in [-0.2, -0.15) is 5.10 Å². The van der Waals surface area contributed by atoms with Crippen LogP contribution in [0.15, 0.2) is 42.6 Å². The van der Waals surface area contributed by atoms with Crippen LogP contribution in [0, 0.1) is 5.82 Å². The maximum Gasteiger partial charge on any atom is 0.410 e. The van der Waals surface area contributed by atoms with E-state index in [1.165, 1.54) is 6.07 Å². The summed E-state index contributed by atoms with van der Waals surface area (Å²) < 4.78 is 19.9. The molecular weight excluding hydrogens is 383 g/mol. The Labute approximate surface area is 175 Å². The van der Waals surface area contributed by atoms with Gasteiger partial charge in [0.25, 0.3) is 0 Å². The molecule has 1 fully saturated rings. The molecule has 7 heteroatoms. The third-order valence-electron chi connectivity index (χ3n) is 5.22. The third-order valence-corrected chi connectivity index (χ3v) is 5.22. The number of fused-ring (bicyclic) bond motifs is 1. The Balaban J connectivity index is 1.36. The van der Waals surface area contributed by atoms with Gasteiger partial charge in [0.2, 0.25) is 0 Å². The second kappa shape index (κ2) is 8.07. The molecular formula is C23H27FN4O2. The highest BCUT2D eigenvalue weighted by Crippen LogP contribution is 2.27. The summed E-state index contributed by atoms with van der Waals surface area (Å²) in [6.07, 6.45) is 1.45. The molecule has 0 atom stereocenters. The molecule has 4 rings (SSSR count). The average Bonchev–Trinajstić information content (AvgIpc) is 3.14. The summed E-state index contributed by atoms with van der Waals surface area (Å²) in [5.41, 5.74) is 2.79. The van der Waals surface area contributed by atoms with Gasteiger partial charge in [0.05, 0.1) is 11.7 Å². The van der Waals surface area contributed by atoms with Crippen LogP contribution in [0.1, 0.15) is 26.3 Å². The van der Waals surface area contributed by atoms with Crippen molar-refractivity contribution in [2.45, 2.75) is 32.9 Å². The normalized spacial score (nSPS) is 15.5. The largest absolute Gasteiger partial charge is 0.444 e. The highest BCUT2D eigenvalue weighted by Gasteiger charge is 2.25. The molecule has 1 saturated heterocycles. The molecule has 2 heterocycles. The van der Waals surface area contributed by atoms with E-state index in [0.29, 0.717) is 24.2 Å². The topological polar surface area (TPSA) is 61.5 Å². The van der Waals surface area contributed by atoms with Crippen molar-refractivity contribution in [3.05, 3.63) is 54.0 Å². The summed E-state index contributed by atoms with van der Waals surface area (Å²) in [7, 11) is 0. The molecule has 1 aliphatic heterocycles. The second-order valence-electron chi connectivity index (χ2n) is 8.73. The SMILES string of the molecule is CC(C)(C)OC(=O)N1CCN(Cc2ccc(-c3cc4cn[nH]c4cc3F)cc2)CC1. The summed E-state index contributed by atoms with van der Waals surface area (Å²) >= 11 is 0. The number of carbonyl (C=O) groups excluding carboxylic acids is 1. The molecule has 1 aromatic heterocycles. The molecule has 2 aromatic carbocycles. The van der Waals surface area contributed by atoms with Crippen molar-refractivity contribution in [1.82, 2.24) is 20.0 Å². The maximum absolute atomic E-state index is 14.5. The summed E-state index contributed by atoms with van der Waals surface area (Å²) in [5, 5.41) is 7.63. The minimum atomic E-state index is -0.475. The van der Waals surface area contributed by atoms with Gasteiger partial charge in [0.15, 0.2) is 0 Å². The van der Waals surface area contributed by atoms with Crippen LogP contribution in [0.4, 0.5) is 9.18 Å². The summed E-state index contributed by atoms with van der Waals surface area (Å²) in [6.45, 7) is 9.34. The summed E-state index contributed by atoms with van der Waals surface area (Å²) in [6, 6.07) is 11.3. The van der Waals surface area contributed by atoms with E-state index in [9.17, 15) is 9.18 Å². The summed E-state index contributed by atoms with van der Waals surface area (Å²) in [4.78, 5) is 16.3. The minimum Gasteiger partial charge on any atom is -0.444 e. The van der Waals surface area contributed by atoms with Gasteiger partial charge >= 0.3 is 6.09 Å². The van der Waals surface area contributed by atoms with Crippen molar-refractivity contribution in [2.75, 3.05) is 26.2 Å². The standard InChI is InChI=1S/C23H27FN4O2/c1-23(2,3)30-22(29)28-10-8-27(9-11-28)15-16-4-6-17(7-5-16)19-12-18-14-25-26-21(18)13-20(19)24/h4-7,12-14H,8-11,15H2,1-3H3,(H,25,26). The predicted molar refractivity (Wildman–Crippen MR) is 115 cm³/mol. The predicted octanol–water partition coefficient (Wildman–Crippen LogP) is 4.42. The molecule has 30 heavy (non-hydrogen) atoms. The van der Waals surface area contributed by atoms with Crippen LogP contribution in [0.25, 0.3) is 22.0 Å². The van der Waals surface area contributed by atoms with Crippen LogP contribution >= 0.6 is 0 Å². The van der Waals surface area contributed by atoms with Crippen LogP contribution in [-0.2, 0) is 11.3 Å². The highest BCUT2D eigenvalue weighted by molar-refractivity contribution is 5.84. The first-order valence-corrected chi connectivity index (χ1v) is 10.2. The number of rotatable bonds is 3. The number of nitrogens with one attached hydrogen (secondary N) is 1. The van der Waals surface area contributed by atoms with E-state index in [1.807, 2.05) is 51.1 Å². The first-order valence-electron chi connectivity index (χ1n) is 10.2. The number of piperazine rings is 1. The Kier molecular flexibility index (Phi) is 5.47. The molecule has 3 aromatic rings. The number of nitrogens with zero attached hydrogens (tertiary/aromatic N) is 3. The van der Waals surface area contributed by atoms with E-state index in [0.717, 1.165) is 36.1 Å². The van der Waals surface area contributed by atoms with Crippen molar-refractivity contribution < 1.29 is 13.9 Å². The molecule has 0 bridgehead atoms. The second-order valence-corrected chi connectivity index (χ2v) is 8.73. The summed E-state index contributed by atoms with van der Waals surface area (Å²) in [5.74, 6) is -0.266. The molecule has 0 unspecified atom stereocenters. The van der Waals surface area contributed by atoms with Gasteiger partial charge in [-0.05, 0) is 38.0 Å². The van der Waals surface area contributed by atoms with Crippen molar-refractivity contribution >= 4 is 17.0 Å². The zero-order valence-electron chi connectivity index (χ0n) is 17.6. The Hall–Kier alpha value is -2.93. The number of carbonyl (C=O) groups is 1. The van der Waals surface area contributed by atoms with Crippen LogP contribution in [0.2, 0.25) is 0 Å². The van der Waals surface area contributed by atoms with Gasteiger partial charge in [-0.3, -0.25) is 10.00 Å². The fraction of sp³-hybridized carbons (Fsp3) is 0.391. The van der Waals surface area contributed by atoms with Crippen LogP contribution < -0.4 is 0 Å². The number of ether oxygens (including phenoxy) is 1. The van der Waals surface area contributed by atoms with E-state index in [2.05, 4.69) is 15.1 Å². The molecule has 1 amide bonds. The lowest BCUT2D eigenvalue weighted by Gasteiger charge is -2.35. The van der Waals surface area contributed by atoms with Gasteiger partial charge in [-0.15, -0.1) is 0 Å². The quantitative estimate of drug-likeness (QED) is 0.694. The highest BCUT2D eigenvalue weighted by atomic mass is 19.1.